The van der Waals surface area contributed by atoms with Gasteiger partial charge < -0.3 is 25.8 Å². The van der Waals surface area contributed by atoms with Gasteiger partial charge in [-0.25, -0.2) is 9.18 Å². The van der Waals surface area contributed by atoms with Crippen molar-refractivity contribution in [3.05, 3.63) is 58.3 Å². The van der Waals surface area contributed by atoms with E-state index in [1.807, 2.05) is 4.90 Å². The number of amides is 1. The topological polar surface area (TPSA) is 126 Å². The highest BCUT2D eigenvalue weighted by Crippen LogP contribution is 2.49. The second-order valence-corrected chi connectivity index (χ2v) is 8.28. The van der Waals surface area contributed by atoms with Crippen LogP contribution in [0.25, 0.3) is 16.6 Å². The fourth-order valence-electron chi connectivity index (χ4n) is 4.47. The molecule has 4 N–H and O–H groups in total. The Bertz CT molecular complexity index is 1380. The van der Waals surface area contributed by atoms with Crippen LogP contribution in [0.5, 0.6) is 11.5 Å². The van der Waals surface area contributed by atoms with Crippen LogP contribution < -0.4 is 26.2 Å². The zero-order valence-corrected chi connectivity index (χ0v) is 17.7. The third-order valence-corrected chi connectivity index (χ3v) is 6.01. The van der Waals surface area contributed by atoms with Gasteiger partial charge in [-0.3, -0.25) is 14.0 Å². The number of rotatable bonds is 4. The normalized spacial score (nSPS) is 17.4. The van der Waals surface area contributed by atoms with Gasteiger partial charge in [-0.1, -0.05) is 18.2 Å². The van der Waals surface area contributed by atoms with Gasteiger partial charge >= 0.3 is 5.97 Å². The number of hydrogen-bond donors (Lipinski definition) is 3. The summed E-state index contributed by atoms with van der Waals surface area (Å²) in [5.41, 5.74) is 5.88. The molecule has 2 aliphatic heterocycles. The van der Waals surface area contributed by atoms with Crippen molar-refractivity contribution in [1.29, 1.82) is 0 Å². The molecule has 4 heterocycles. The van der Waals surface area contributed by atoms with E-state index in [1.165, 1.54) is 6.07 Å². The Balaban J connectivity index is 1.71. The molecule has 1 aromatic carbocycles. The average Bonchev–Trinajstić information content (AvgIpc) is 3.23. The maximum Gasteiger partial charge on any atom is 0.341 e. The fourth-order valence-corrected chi connectivity index (χ4v) is 4.47. The van der Waals surface area contributed by atoms with Crippen molar-refractivity contribution in [2.45, 2.75) is 25.4 Å². The molecule has 10 heteroatoms. The van der Waals surface area contributed by atoms with Gasteiger partial charge in [0.05, 0.1) is 17.9 Å². The molecule has 33 heavy (non-hydrogen) atoms. The first-order valence-corrected chi connectivity index (χ1v) is 10.5. The van der Waals surface area contributed by atoms with Crippen molar-refractivity contribution in [3.63, 3.8) is 0 Å². The molecule has 1 amide bonds. The predicted octanol–water partition coefficient (Wildman–Crippen LogP) is 1.95. The Kier molecular flexibility index (Phi) is 4.82. The van der Waals surface area contributed by atoms with Gasteiger partial charge in [0.15, 0.2) is 11.6 Å². The number of carbonyl (C=O) groups excluding carboxylic acids is 1. The number of carbonyl (C=O) groups is 2. The van der Waals surface area contributed by atoms with E-state index in [0.29, 0.717) is 41.9 Å². The fraction of sp³-hybridized carbons (Fsp3) is 0.261. The zero-order valence-electron chi connectivity index (χ0n) is 17.7. The number of para-hydroxylation sites is 1. The summed E-state index contributed by atoms with van der Waals surface area (Å²) in [6.07, 6.45) is 1.59. The average molecular weight is 452 g/mol. The van der Waals surface area contributed by atoms with Crippen molar-refractivity contribution in [2.24, 2.45) is 5.73 Å². The third-order valence-electron chi connectivity index (χ3n) is 6.01. The SMILES string of the molecule is C[C@H](N)C(=O)NC1CCN(c2c(F)cn3c(=O)c(C(=O)O)cc4c3c2-c2ccccc2O4)C1. The number of nitrogens with one attached hydrogen (secondary N) is 1. The number of carboxylic acids is 1. The van der Waals surface area contributed by atoms with E-state index in [1.54, 1.807) is 31.2 Å². The summed E-state index contributed by atoms with van der Waals surface area (Å²) < 4.78 is 22.5. The van der Waals surface area contributed by atoms with E-state index in [9.17, 15) is 19.5 Å². The van der Waals surface area contributed by atoms with E-state index < -0.39 is 29.0 Å². The summed E-state index contributed by atoms with van der Waals surface area (Å²) in [6.45, 7) is 2.42. The van der Waals surface area contributed by atoms with Crippen LogP contribution in [-0.2, 0) is 4.79 Å². The number of carboxylic acid groups (broad SMARTS) is 1. The number of halogens is 1. The van der Waals surface area contributed by atoms with Gasteiger partial charge in [0.2, 0.25) is 5.91 Å². The van der Waals surface area contributed by atoms with E-state index in [-0.39, 0.29) is 23.4 Å². The molecule has 5 rings (SSSR count). The van der Waals surface area contributed by atoms with Crippen molar-refractivity contribution in [2.75, 3.05) is 18.0 Å². The van der Waals surface area contributed by atoms with Gasteiger partial charge in [0.25, 0.3) is 5.56 Å². The Hall–Kier alpha value is -3.92. The Morgan fingerprint density at radius 2 is 2.06 bits per heavy atom. The molecule has 0 saturated carbocycles. The lowest BCUT2D eigenvalue weighted by Gasteiger charge is -2.28. The molecule has 0 bridgehead atoms. The summed E-state index contributed by atoms with van der Waals surface area (Å²) >= 11 is 0. The van der Waals surface area contributed by atoms with Crippen LogP contribution in [0.1, 0.15) is 23.7 Å². The molecular formula is C23H21FN4O5. The van der Waals surface area contributed by atoms with Crippen molar-refractivity contribution < 1.29 is 23.8 Å². The van der Waals surface area contributed by atoms with E-state index in [4.69, 9.17) is 10.5 Å². The molecule has 0 aliphatic carbocycles. The van der Waals surface area contributed by atoms with Crippen molar-refractivity contribution >= 4 is 23.1 Å². The third kappa shape index (κ3) is 3.30. The largest absolute Gasteiger partial charge is 0.477 e. The van der Waals surface area contributed by atoms with Gasteiger partial charge in [-0.05, 0) is 19.4 Å². The number of pyridine rings is 2. The second kappa shape index (κ2) is 7.59. The van der Waals surface area contributed by atoms with E-state index in [0.717, 1.165) is 10.6 Å². The highest BCUT2D eigenvalue weighted by Gasteiger charge is 2.34. The summed E-state index contributed by atoms with van der Waals surface area (Å²) in [4.78, 5) is 38.3. The summed E-state index contributed by atoms with van der Waals surface area (Å²) in [5.74, 6) is -1.80. The molecule has 2 aromatic heterocycles. The minimum Gasteiger partial charge on any atom is -0.477 e. The van der Waals surface area contributed by atoms with Gasteiger partial charge in [-0.2, -0.15) is 0 Å². The number of nitrogens with zero attached hydrogens (tertiary/aromatic N) is 2. The van der Waals surface area contributed by atoms with Crippen LogP contribution in [0.3, 0.4) is 0 Å². The number of hydrogen-bond acceptors (Lipinski definition) is 6. The lowest BCUT2D eigenvalue weighted by Crippen LogP contribution is -2.45. The monoisotopic (exact) mass is 452 g/mol. The predicted molar refractivity (Wildman–Crippen MR) is 119 cm³/mol. The molecule has 9 nitrogen and oxygen atoms in total. The van der Waals surface area contributed by atoms with Gasteiger partial charge in [-0.15, -0.1) is 0 Å². The lowest BCUT2D eigenvalue weighted by atomic mass is 9.97. The van der Waals surface area contributed by atoms with Crippen molar-refractivity contribution in [3.8, 4) is 22.6 Å². The van der Waals surface area contributed by atoms with Crippen LogP contribution in [0.4, 0.5) is 10.1 Å². The van der Waals surface area contributed by atoms with Crippen LogP contribution in [-0.4, -0.2) is 46.6 Å². The first kappa shape index (κ1) is 21.0. The van der Waals surface area contributed by atoms with Gasteiger partial charge in [0, 0.05) is 36.3 Å². The minimum atomic E-state index is -1.42. The maximum atomic E-state index is 15.6. The summed E-state index contributed by atoms with van der Waals surface area (Å²) in [7, 11) is 0. The van der Waals surface area contributed by atoms with Crippen LogP contribution in [0.2, 0.25) is 0 Å². The number of aromatic nitrogens is 1. The maximum absolute atomic E-state index is 15.6. The number of fused-ring (bicyclic) bond motifs is 2. The van der Waals surface area contributed by atoms with Crippen LogP contribution >= 0.6 is 0 Å². The number of ether oxygens (including phenoxy) is 1. The first-order chi connectivity index (χ1) is 15.8. The van der Waals surface area contributed by atoms with Crippen LogP contribution in [0, 0.1) is 5.82 Å². The van der Waals surface area contributed by atoms with E-state index in [2.05, 4.69) is 5.32 Å². The standard InChI is InChI=1S/C23H21FN4O5/c1-11(25)21(29)26-12-6-7-27(9-12)19-15(24)10-28-20-17(8-14(22(28)30)23(31)32)33-16-5-3-2-4-13(16)18(19)20/h2-5,8,10-12H,6-7,9,25H2,1H3,(H,26,29)(H,31,32)/t11-,12?/m0/s1. The molecule has 1 unspecified atom stereocenters. The van der Waals surface area contributed by atoms with Crippen LogP contribution in [0.15, 0.2) is 41.3 Å². The lowest BCUT2D eigenvalue weighted by molar-refractivity contribution is -0.122. The Labute approximate surface area is 187 Å². The zero-order chi connectivity index (χ0) is 23.4. The molecule has 2 aliphatic rings. The Morgan fingerprint density at radius 1 is 1.30 bits per heavy atom. The minimum absolute atomic E-state index is 0.156. The molecule has 0 radical (unpaired) electrons. The smallest absolute Gasteiger partial charge is 0.341 e. The number of benzene rings is 1. The molecule has 1 fully saturated rings. The highest BCUT2D eigenvalue weighted by molar-refractivity contribution is 6.00. The quantitative estimate of drug-likeness (QED) is 0.432. The molecule has 3 aromatic rings. The highest BCUT2D eigenvalue weighted by atomic mass is 19.1. The second-order valence-electron chi connectivity index (χ2n) is 8.28. The molecule has 170 valence electrons. The van der Waals surface area contributed by atoms with Gasteiger partial charge in [0.1, 0.15) is 16.8 Å². The molecule has 2 atom stereocenters. The molecule has 1 saturated heterocycles. The number of aromatic carboxylic acids is 1. The van der Waals surface area contributed by atoms with Crippen molar-refractivity contribution in [1.82, 2.24) is 9.72 Å². The Morgan fingerprint density at radius 3 is 2.79 bits per heavy atom. The summed E-state index contributed by atoms with van der Waals surface area (Å²) in [5, 5.41) is 12.3. The molecule has 0 spiro atoms. The summed E-state index contributed by atoms with van der Waals surface area (Å²) in [6, 6.07) is 7.30. The van der Waals surface area contributed by atoms with E-state index >= 15 is 4.39 Å². The molecular weight excluding hydrogens is 431 g/mol. The number of anilines is 1. The first-order valence-electron chi connectivity index (χ1n) is 10.5. The number of nitrogens with two attached hydrogens (primary N) is 1.